The van der Waals surface area contributed by atoms with Crippen LogP contribution in [0.2, 0.25) is 0 Å². The lowest BCUT2D eigenvalue weighted by atomic mass is 10.0. The topological polar surface area (TPSA) is 78.4 Å². The zero-order chi connectivity index (χ0) is 16.1. The Kier molecular flexibility index (Phi) is 4.95. The molecule has 120 valence electrons. The molecule has 2 heterocycles. The molecular weight excluding hydrogens is 292 g/mol. The fraction of sp³-hybridized carbons (Fsp3) is 0.353. The van der Waals surface area contributed by atoms with E-state index < -0.39 is 0 Å². The number of amides is 1. The molecule has 1 aromatic heterocycles. The zero-order valence-electron chi connectivity index (χ0n) is 12.8. The molecule has 0 aliphatic carbocycles. The van der Waals surface area contributed by atoms with E-state index in [9.17, 15) is 9.90 Å². The van der Waals surface area contributed by atoms with Crippen molar-refractivity contribution in [1.29, 1.82) is 0 Å². The molecule has 0 saturated carbocycles. The number of aromatic nitrogens is 2. The van der Waals surface area contributed by atoms with Gasteiger partial charge in [0.25, 0.3) is 5.91 Å². The highest BCUT2D eigenvalue weighted by Gasteiger charge is 2.33. The number of rotatable bonds is 5. The number of hydrogen-bond acceptors (Lipinski definition) is 5. The molecule has 0 unspecified atom stereocenters. The van der Waals surface area contributed by atoms with Crippen LogP contribution in [-0.4, -0.2) is 51.8 Å². The normalized spacial score (nSPS) is 21.3. The van der Waals surface area contributed by atoms with Crippen molar-refractivity contribution in [2.45, 2.75) is 12.6 Å². The standard InChI is InChI=1S/C17H20N4O2/c22-12-15-10-21(9-13-4-2-1-3-5-13)11-16(15)20-17(23)14-6-7-18-19-8-14/h1-8,15-16,22H,9-12H2,(H,20,23)/t15-,16+/m0/s1. The molecule has 1 aliphatic rings. The van der Waals surface area contributed by atoms with Crippen LogP contribution in [0.25, 0.3) is 0 Å². The van der Waals surface area contributed by atoms with Gasteiger partial charge in [-0.3, -0.25) is 9.69 Å². The molecule has 6 heteroatoms. The van der Waals surface area contributed by atoms with Crippen LogP contribution in [0.1, 0.15) is 15.9 Å². The van der Waals surface area contributed by atoms with E-state index in [0.29, 0.717) is 5.56 Å². The van der Waals surface area contributed by atoms with E-state index in [1.165, 1.54) is 18.0 Å². The number of carbonyl (C=O) groups is 1. The summed E-state index contributed by atoms with van der Waals surface area (Å²) in [6.45, 7) is 2.38. The largest absolute Gasteiger partial charge is 0.396 e. The maximum absolute atomic E-state index is 12.2. The second-order valence-corrected chi connectivity index (χ2v) is 5.83. The number of benzene rings is 1. The number of carbonyl (C=O) groups excluding carboxylic acids is 1. The molecule has 23 heavy (non-hydrogen) atoms. The van der Waals surface area contributed by atoms with Gasteiger partial charge in [0.15, 0.2) is 0 Å². The average Bonchev–Trinajstić information content (AvgIpc) is 2.98. The minimum atomic E-state index is -0.176. The highest BCUT2D eigenvalue weighted by atomic mass is 16.3. The molecule has 1 aliphatic heterocycles. The van der Waals surface area contributed by atoms with E-state index in [1.54, 1.807) is 6.07 Å². The lowest BCUT2D eigenvalue weighted by molar-refractivity contribution is 0.0920. The van der Waals surface area contributed by atoms with Crippen LogP contribution in [0.15, 0.2) is 48.8 Å². The summed E-state index contributed by atoms with van der Waals surface area (Å²) in [7, 11) is 0. The highest BCUT2D eigenvalue weighted by Crippen LogP contribution is 2.19. The molecule has 1 saturated heterocycles. The Balaban J connectivity index is 1.62. The summed E-state index contributed by atoms with van der Waals surface area (Å²) in [4.78, 5) is 14.5. The van der Waals surface area contributed by atoms with Crippen LogP contribution in [-0.2, 0) is 6.54 Å². The highest BCUT2D eigenvalue weighted by molar-refractivity contribution is 5.93. The molecule has 1 aromatic carbocycles. The maximum Gasteiger partial charge on any atom is 0.253 e. The molecule has 1 fully saturated rings. The van der Waals surface area contributed by atoms with Crippen LogP contribution >= 0.6 is 0 Å². The number of aliphatic hydroxyl groups excluding tert-OH is 1. The van der Waals surface area contributed by atoms with Crippen molar-refractivity contribution in [2.24, 2.45) is 5.92 Å². The Hall–Kier alpha value is -2.31. The Morgan fingerprint density at radius 2 is 2.04 bits per heavy atom. The Labute approximate surface area is 135 Å². The van der Waals surface area contributed by atoms with Gasteiger partial charge in [-0.1, -0.05) is 30.3 Å². The van der Waals surface area contributed by atoms with Gasteiger partial charge in [0, 0.05) is 38.2 Å². The zero-order valence-corrected chi connectivity index (χ0v) is 12.8. The number of aliphatic hydroxyl groups is 1. The van der Waals surface area contributed by atoms with E-state index in [-0.39, 0.29) is 24.5 Å². The van der Waals surface area contributed by atoms with Gasteiger partial charge < -0.3 is 10.4 Å². The van der Waals surface area contributed by atoms with Gasteiger partial charge >= 0.3 is 0 Å². The van der Waals surface area contributed by atoms with Gasteiger partial charge in [-0.15, -0.1) is 0 Å². The average molecular weight is 312 g/mol. The minimum Gasteiger partial charge on any atom is -0.396 e. The summed E-state index contributed by atoms with van der Waals surface area (Å²) in [5.74, 6) is -0.137. The minimum absolute atomic E-state index is 0.0393. The van der Waals surface area contributed by atoms with Gasteiger partial charge in [-0.2, -0.15) is 10.2 Å². The number of nitrogens with one attached hydrogen (secondary N) is 1. The molecule has 2 atom stereocenters. The number of hydrogen-bond donors (Lipinski definition) is 2. The van der Waals surface area contributed by atoms with Crippen LogP contribution < -0.4 is 5.32 Å². The van der Waals surface area contributed by atoms with Gasteiger partial charge in [-0.25, -0.2) is 0 Å². The Bertz CT molecular complexity index is 636. The quantitative estimate of drug-likeness (QED) is 0.850. The fourth-order valence-electron chi connectivity index (χ4n) is 2.96. The van der Waals surface area contributed by atoms with Gasteiger partial charge in [0.05, 0.1) is 18.0 Å². The maximum atomic E-state index is 12.2. The molecule has 2 aromatic rings. The van der Waals surface area contributed by atoms with Crippen molar-refractivity contribution in [2.75, 3.05) is 19.7 Å². The van der Waals surface area contributed by atoms with Crippen LogP contribution in [0.5, 0.6) is 0 Å². The molecule has 2 N–H and O–H groups in total. The molecule has 0 bridgehead atoms. The molecule has 0 spiro atoms. The van der Waals surface area contributed by atoms with Crippen molar-refractivity contribution < 1.29 is 9.90 Å². The molecular formula is C17H20N4O2. The first kappa shape index (κ1) is 15.6. The van der Waals surface area contributed by atoms with Gasteiger partial charge in [0.1, 0.15) is 0 Å². The molecule has 0 radical (unpaired) electrons. The summed E-state index contributed by atoms with van der Waals surface area (Å²) in [5, 5.41) is 20.0. The summed E-state index contributed by atoms with van der Waals surface area (Å²) in [6, 6.07) is 11.8. The summed E-state index contributed by atoms with van der Waals surface area (Å²) in [6.07, 6.45) is 2.94. The summed E-state index contributed by atoms with van der Waals surface area (Å²) < 4.78 is 0. The molecule has 6 nitrogen and oxygen atoms in total. The third kappa shape index (κ3) is 3.91. The fourth-order valence-corrected chi connectivity index (χ4v) is 2.96. The van der Waals surface area contributed by atoms with Crippen LogP contribution in [0.4, 0.5) is 0 Å². The number of likely N-dealkylation sites (tertiary alicyclic amines) is 1. The van der Waals surface area contributed by atoms with Crippen molar-refractivity contribution >= 4 is 5.91 Å². The Morgan fingerprint density at radius 1 is 1.22 bits per heavy atom. The second kappa shape index (κ2) is 7.30. The van der Waals surface area contributed by atoms with Crippen LogP contribution in [0.3, 0.4) is 0 Å². The predicted molar refractivity (Wildman–Crippen MR) is 85.6 cm³/mol. The van der Waals surface area contributed by atoms with Gasteiger partial charge in [0.2, 0.25) is 0 Å². The van der Waals surface area contributed by atoms with Crippen molar-refractivity contribution in [3.63, 3.8) is 0 Å². The second-order valence-electron chi connectivity index (χ2n) is 5.83. The van der Waals surface area contributed by atoms with Crippen molar-refractivity contribution in [3.05, 3.63) is 59.9 Å². The lowest BCUT2D eigenvalue weighted by Crippen LogP contribution is -2.41. The third-order valence-corrected chi connectivity index (χ3v) is 4.16. The van der Waals surface area contributed by atoms with E-state index in [0.717, 1.165) is 19.6 Å². The Morgan fingerprint density at radius 3 is 2.74 bits per heavy atom. The predicted octanol–water partition coefficient (Wildman–Crippen LogP) is 0.699. The smallest absolute Gasteiger partial charge is 0.253 e. The van der Waals surface area contributed by atoms with E-state index in [1.807, 2.05) is 18.2 Å². The number of nitrogens with zero attached hydrogens (tertiary/aromatic N) is 3. The van der Waals surface area contributed by atoms with Crippen LogP contribution in [0, 0.1) is 5.92 Å². The first-order chi connectivity index (χ1) is 11.3. The van der Waals surface area contributed by atoms with Crippen molar-refractivity contribution in [3.8, 4) is 0 Å². The first-order valence-electron chi connectivity index (χ1n) is 7.71. The third-order valence-electron chi connectivity index (χ3n) is 4.16. The molecule has 1 amide bonds. The molecule has 3 rings (SSSR count). The summed E-state index contributed by atoms with van der Waals surface area (Å²) >= 11 is 0. The SMILES string of the molecule is O=C(N[C@@H]1CN(Cc2ccccc2)C[C@H]1CO)c1ccnnc1. The monoisotopic (exact) mass is 312 g/mol. The van der Waals surface area contributed by atoms with Crippen molar-refractivity contribution in [1.82, 2.24) is 20.4 Å². The summed E-state index contributed by atoms with van der Waals surface area (Å²) in [5.41, 5.74) is 1.72. The van der Waals surface area contributed by atoms with E-state index in [2.05, 4.69) is 32.5 Å². The van der Waals surface area contributed by atoms with E-state index in [4.69, 9.17) is 0 Å². The van der Waals surface area contributed by atoms with E-state index >= 15 is 0 Å². The first-order valence-corrected chi connectivity index (χ1v) is 7.71. The lowest BCUT2D eigenvalue weighted by Gasteiger charge is -2.18. The van der Waals surface area contributed by atoms with Gasteiger partial charge in [-0.05, 0) is 11.6 Å².